The highest BCUT2D eigenvalue weighted by molar-refractivity contribution is 5.44. The summed E-state index contributed by atoms with van der Waals surface area (Å²) in [6.07, 6.45) is 2.14. The molecule has 0 aliphatic carbocycles. The zero-order chi connectivity index (χ0) is 5.54. The molecule has 1 saturated heterocycles. The van der Waals surface area contributed by atoms with Crippen molar-refractivity contribution in [3.8, 4) is 0 Å². The SMILES string of the molecule is C1CNC1.CC=O.[HH]. The third-order valence-corrected chi connectivity index (χ3v) is 0.707. The molecule has 1 aliphatic rings. The van der Waals surface area contributed by atoms with Crippen LogP contribution in [0, 0.1) is 0 Å². The van der Waals surface area contributed by atoms with E-state index in [4.69, 9.17) is 4.79 Å². The number of carbonyl (C=O) groups is 1. The Balaban J connectivity index is 0. The third-order valence-electron chi connectivity index (χ3n) is 0.707. The molecular formula is C5H13NO. The molecule has 0 aromatic carbocycles. The second-order valence-corrected chi connectivity index (χ2v) is 1.34. The van der Waals surface area contributed by atoms with Gasteiger partial charge >= 0.3 is 0 Å². The highest BCUT2D eigenvalue weighted by Crippen LogP contribution is 1.80. The fourth-order valence-corrected chi connectivity index (χ4v) is 0.177. The average Bonchev–Trinajstić information content (AvgIpc) is 1.27. The van der Waals surface area contributed by atoms with Crippen LogP contribution in [-0.4, -0.2) is 19.4 Å². The normalized spacial score (nSPS) is 15.6. The van der Waals surface area contributed by atoms with E-state index < -0.39 is 0 Å². The molecule has 1 N–H and O–H groups in total. The van der Waals surface area contributed by atoms with E-state index in [1.807, 2.05) is 0 Å². The predicted molar refractivity (Wildman–Crippen MR) is 31.3 cm³/mol. The third kappa shape index (κ3) is 5.63. The van der Waals surface area contributed by atoms with Crippen LogP contribution in [0.25, 0.3) is 0 Å². The maximum Gasteiger partial charge on any atom is 0.116 e. The van der Waals surface area contributed by atoms with Crippen LogP contribution in [-0.2, 0) is 4.79 Å². The number of carbonyl (C=O) groups excluding carboxylic acids is 1. The van der Waals surface area contributed by atoms with Gasteiger partial charge in [0.05, 0.1) is 0 Å². The zero-order valence-electron chi connectivity index (χ0n) is 4.61. The molecule has 2 heteroatoms. The Labute approximate surface area is 45.4 Å². The van der Waals surface area contributed by atoms with Gasteiger partial charge < -0.3 is 10.1 Å². The van der Waals surface area contributed by atoms with Gasteiger partial charge in [-0.3, -0.25) is 0 Å². The van der Waals surface area contributed by atoms with Crippen LogP contribution < -0.4 is 5.32 Å². The lowest BCUT2D eigenvalue weighted by molar-refractivity contribution is -0.106. The fourth-order valence-electron chi connectivity index (χ4n) is 0.177. The van der Waals surface area contributed by atoms with Gasteiger partial charge in [-0.25, -0.2) is 0 Å². The van der Waals surface area contributed by atoms with E-state index in [0.717, 1.165) is 6.29 Å². The zero-order valence-corrected chi connectivity index (χ0v) is 4.61. The monoisotopic (exact) mass is 103 g/mol. The summed E-state index contributed by atoms with van der Waals surface area (Å²) in [5.74, 6) is 0. The molecule has 1 rings (SSSR count). The van der Waals surface area contributed by atoms with Crippen LogP contribution in [0.4, 0.5) is 0 Å². The molecule has 0 unspecified atom stereocenters. The van der Waals surface area contributed by atoms with Crippen molar-refractivity contribution >= 4 is 6.29 Å². The first kappa shape index (κ1) is 6.63. The Bertz CT molecular complexity index is 41.7. The summed E-state index contributed by atoms with van der Waals surface area (Å²) >= 11 is 0. The minimum Gasteiger partial charge on any atom is -0.317 e. The molecular weight excluding hydrogens is 90.1 g/mol. The van der Waals surface area contributed by atoms with Crippen molar-refractivity contribution in [3.63, 3.8) is 0 Å². The summed E-state index contributed by atoms with van der Waals surface area (Å²) in [5, 5.41) is 3.11. The molecule has 0 spiro atoms. The summed E-state index contributed by atoms with van der Waals surface area (Å²) in [7, 11) is 0. The minimum absolute atomic E-state index is 0. The maximum atomic E-state index is 8.81. The van der Waals surface area contributed by atoms with E-state index in [1.165, 1.54) is 26.4 Å². The van der Waals surface area contributed by atoms with Crippen LogP contribution in [0.15, 0.2) is 0 Å². The molecule has 1 heterocycles. The van der Waals surface area contributed by atoms with Gasteiger partial charge in [0, 0.05) is 1.43 Å². The molecule has 0 atom stereocenters. The predicted octanol–water partition coefficient (Wildman–Crippen LogP) is 0.431. The van der Waals surface area contributed by atoms with Crippen LogP contribution in [0.5, 0.6) is 0 Å². The topological polar surface area (TPSA) is 29.1 Å². The van der Waals surface area contributed by atoms with Gasteiger partial charge in [0.1, 0.15) is 6.29 Å². The summed E-state index contributed by atoms with van der Waals surface area (Å²) in [6.45, 7) is 3.94. The van der Waals surface area contributed by atoms with Gasteiger partial charge in [-0.15, -0.1) is 0 Å². The lowest BCUT2D eigenvalue weighted by Crippen LogP contribution is -2.29. The van der Waals surface area contributed by atoms with E-state index in [9.17, 15) is 0 Å². The van der Waals surface area contributed by atoms with E-state index in [2.05, 4.69) is 5.32 Å². The van der Waals surface area contributed by atoms with Gasteiger partial charge in [-0.2, -0.15) is 0 Å². The Morgan fingerprint density at radius 3 is 1.86 bits per heavy atom. The van der Waals surface area contributed by atoms with Crippen LogP contribution in [0.3, 0.4) is 0 Å². The molecule has 7 heavy (non-hydrogen) atoms. The first-order valence-corrected chi connectivity index (χ1v) is 2.52. The quantitative estimate of drug-likeness (QED) is 0.450. The number of rotatable bonds is 0. The van der Waals surface area contributed by atoms with Crippen molar-refractivity contribution in [1.82, 2.24) is 5.32 Å². The summed E-state index contributed by atoms with van der Waals surface area (Å²) < 4.78 is 0. The molecule has 0 amide bonds. The van der Waals surface area contributed by atoms with E-state index in [0.29, 0.717) is 0 Å². The van der Waals surface area contributed by atoms with E-state index in [1.54, 1.807) is 0 Å². The maximum absolute atomic E-state index is 8.81. The first-order valence-electron chi connectivity index (χ1n) is 2.52. The number of nitrogens with one attached hydrogen (secondary N) is 1. The molecule has 0 radical (unpaired) electrons. The Kier molecular flexibility index (Phi) is 5.33. The van der Waals surface area contributed by atoms with E-state index >= 15 is 0 Å². The molecule has 0 aromatic rings. The summed E-state index contributed by atoms with van der Waals surface area (Å²) in [6, 6.07) is 0. The van der Waals surface area contributed by atoms with Gasteiger partial charge in [-0.1, -0.05) is 0 Å². The highest BCUT2D eigenvalue weighted by Gasteiger charge is 1.92. The van der Waals surface area contributed by atoms with E-state index in [-0.39, 0.29) is 1.43 Å². The van der Waals surface area contributed by atoms with Gasteiger partial charge in [-0.05, 0) is 26.4 Å². The molecule has 0 bridgehead atoms. The smallest absolute Gasteiger partial charge is 0.116 e. The van der Waals surface area contributed by atoms with Crippen molar-refractivity contribution in [2.45, 2.75) is 13.3 Å². The molecule has 2 nitrogen and oxygen atoms in total. The van der Waals surface area contributed by atoms with Crippen LogP contribution in [0.1, 0.15) is 14.8 Å². The number of hydrogen-bond acceptors (Lipinski definition) is 2. The van der Waals surface area contributed by atoms with Crippen molar-refractivity contribution in [3.05, 3.63) is 0 Å². The first-order chi connectivity index (χ1) is 3.41. The Hall–Kier alpha value is -0.370. The van der Waals surface area contributed by atoms with Crippen molar-refractivity contribution in [1.29, 1.82) is 0 Å². The molecule has 0 aromatic heterocycles. The molecule has 44 valence electrons. The van der Waals surface area contributed by atoms with Crippen LogP contribution >= 0.6 is 0 Å². The second kappa shape index (κ2) is 5.63. The van der Waals surface area contributed by atoms with Crippen LogP contribution in [0.2, 0.25) is 0 Å². The minimum atomic E-state index is 0. The highest BCUT2D eigenvalue weighted by atomic mass is 16.1. The Morgan fingerprint density at radius 1 is 1.71 bits per heavy atom. The molecule has 0 saturated carbocycles. The standard InChI is InChI=1S/C3H7N.C2H4O.H2/c1-2-4-3-1;1-2-3;/h4H,1-3H2;2H,1H3;1H. The molecule has 1 fully saturated rings. The second-order valence-electron chi connectivity index (χ2n) is 1.34. The average molecular weight is 103 g/mol. The fraction of sp³-hybridized carbons (Fsp3) is 0.800. The van der Waals surface area contributed by atoms with Crippen molar-refractivity contribution < 1.29 is 6.22 Å². The number of aldehydes is 1. The largest absolute Gasteiger partial charge is 0.317 e. The summed E-state index contributed by atoms with van der Waals surface area (Å²) in [4.78, 5) is 8.81. The van der Waals surface area contributed by atoms with Crippen molar-refractivity contribution in [2.24, 2.45) is 0 Å². The molecule has 1 aliphatic heterocycles. The van der Waals surface area contributed by atoms with Crippen molar-refractivity contribution in [2.75, 3.05) is 13.1 Å². The van der Waals surface area contributed by atoms with Gasteiger partial charge in [0.15, 0.2) is 0 Å². The van der Waals surface area contributed by atoms with Gasteiger partial charge in [0.2, 0.25) is 0 Å². The lowest BCUT2D eigenvalue weighted by Gasteiger charge is -2.09. The Morgan fingerprint density at radius 2 is 1.86 bits per heavy atom. The number of hydrogen-bond donors (Lipinski definition) is 1. The summed E-state index contributed by atoms with van der Waals surface area (Å²) in [5.41, 5.74) is 0. The lowest BCUT2D eigenvalue weighted by atomic mass is 10.3. The van der Waals surface area contributed by atoms with Gasteiger partial charge in [0.25, 0.3) is 0 Å².